The molecule has 1 atom stereocenters. The Bertz CT molecular complexity index is 982. The van der Waals surface area contributed by atoms with Gasteiger partial charge in [-0.3, -0.25) is 4.79 Å². The average Bonchev–Trinajstić information content (AvgIpc) is 2.96. The van der Waals surface area contributed by atoms with Crippen molar-refractivity contribution in [3.8, 4) is 5.69 Å². The van der Waals surface area contributed by atoms with Crippen LogP contribution >= 0.6 is 35.3 Å². The van der Waals surface area contributed by atoms with E-state index >= 15 is 0 Å². The van der Waals surface area contributed by atoms with E-state index in [0.717, 1.165) is 11.3 Å². The summed E-state index contributed by atoms with van der Waals surface area (Å²) >= 11 is 8.00. The first kappa shape index (κ1) is 18.8. The van der Waals surface area contributed by atoms with E-state index in [1.165, 1.54) is 35.2 Å². The maximum absolute atomic E-state index is 13.1. The van der Waals surface area contributed by atoms with Crippen LogP contribution < -0.4 is 5.32 Å². The fourth-order valence-electron chi connectivity index (χ4n) is 2.23. The van der Waals surface area contributed by atoms with E-state index < -0.39 is 0 Å². The Labute approximate surface area is 164 Å². The Morgan fingerprint density at radius 1 is 1.31 bits per heavy atom. The number of benzene rings is 2. The van der Waals surface area contributed by atoms with Gasteiger partial charge in [-0.1, -0.05) is 35.2 Å². The lowest BCUT2D eigenvalue weighted by atomic mass is 10.2. The minimum absolute atomic E-state index is 0.102. The summed E-state index contributed by atoms with van der Waals surface area (Å²) in [5, 5.41) is 7.01. The van der Waals surface area contributed by atoms with E-state index in [4.69, 9.17) is 12.2 Å². The highest BCUT2D eigenvalue weighted by molar-refractivity contribution is 8.02. The smallest absolute Gasteiger partial charge is 0.237 e. The molecule has 134 valence electrons. The lowest BCUT2D eigenvalue weighted by Gasteiger charge is -2.10. The van der Waals surface area contributed by atoms with Gasteiger partial charge in [-0.15, -0.1) is 5.10 Å². The molecular weight excluding hydrogens is 389 g/mol. The van der Waals surface area contributed by atoms with Crippen molar-refractivity contribution in [3.63, 3.8) is 0 Å². The number of thioether (sulfide) groups is 1. The summed E-state index contributed by atoms with van der Waals surface area (Å²) in [5.41, 5.74) is 2.54. The number of amides is 1. The number of halogens is 1. The van der Waals surface area contributed by atoms with Crippen molar-refractivity contribution in [2.24, 2.45) is 0 Å². The number of anilines is 1. The van der Waals surface area contributed by atoms with Crippen molar-refractivity contribution in [1.82, 2.24) is 9.78 Å². The number of hydrogen-bond acceptors (Lipinski definition) is 5. The first-order valence-electron chi connectivity index (χ1n) is 7.82. The highest BCUT2D eigenvalue weighted by atomic mass is 32.2. The Kier molecular flexibility index (Phi) is 5.85. The number of aromatic nitrogens is 2. The zero-order valence-electron chi connectivity index (χ0n) is 14.1. The first-order chi connectivity index (χ1) is 12.4. The van der Waals surface area contributed by atoms with Crippen LogP contribution in [0.25, 0.3) is 5.69 Å². The number of nitrogens with one attached hydrogen (secondary N) is 1. The topological polar surface area (TPSA) is 46.9 Å². The summed E-state index contributed by atoms with van der Waals surface area (Å²) in [4.78, 5) is 12.4. The van der Waals surface area contributed by atoms with Crippen molar-refractivity contribution in [1.29, 1.82) is 0 Å². The Hall–Kier alpha value is -2.03. The minimum atomic E-state index is -0.335. The summed E-state index contributed by atoms with van der Waals surface area (Å²) in [5.74, 6) is -0.415. The molecule has 4 nitrogen and oxygen atoms in total. The van der Waals surface area contributed by atoms with Gasteiger partial charge in [0.15, 0.2) is 8.29 Å². The van der Waals surface area contributed by atoms with Crippen LogP contribution in [0.3, 0.4) is 0 Å². The molecule has 0 spiro atoms. The molecule has 2 aromatic carbocycles. The molecule has 1 N–H and O–H groups in total. The van der Waals surface area contributed by atoms with Gasteiger partial charge in [0.1, 0.15) is 5.82 Å². The van der Waals surface area contributed by atoms with Gasteiger partial charge in [0, 0.05) is 5.69 Å². The maximum Gasteiger partial charge on any atom is 0.237 e. The van der Waals surface area contributed by atoms with Crippen LogP contribution in [-0.4, -0.2) is 20.9 Å². The summed E-state index contributed by atoms with van der Waals surface area (Å²) in [6.07, 6.45) is 0. The van der Waals surface area contributed by atoms with Gasteiger partial charge in [-0.25, -0.2) is 9.07 Å². The molecular formula is C18H16FN3OS3. The molecule has 0 bridgehead atoms. The normalized spacial score (nSPS) is 12.0. The number of carbonyl (C=O) groups is 1. The second-order valence-electron chi connectivity index (χ2n) is 5.64. The summed E-state index contributed by atoms with van der Waals surface area (Å²) in [7, 11) is 0. The second kappa shape index (κ2) is 8.11. The van der Waals surface area contributed by atoms with Crippen molar-refractivity contribution in [2.75, 3.05) is 5.32 Å². The Morgan fingerprint density at radius 2 is 2.04 bits per heavy atom. The molecule has 0 radical (unpaired) electrons. The zero-order valence-corrected chi connectivity index (χ0v) is 16.6. The summed E-state index contributed by atoms with van der Waals surface area (Å²) in [6.45, 7) is 3.80. The fraction of sp³-hybridized carbons (Fsp3) is 0.167. The first-order valence-corrected chi connectivity index (χ1v) is 9.93. The molecule has 3 rings (SSSR count). The Balaban J connectivity index is 1.70. The summed E-state index contributed by atoms with van der Waals surface area (Å²) in [6, 6.07) is 13.6. The molecule has 8 heteroatoms. The van der Waals surface area contributed by atoms with Gasteiger partial charge in [0.2, 0.25) is 5.91 Å². The predicted octanol–water partition coefficient (Wildman–Crippen LogP) is 5.23. The van der Waals surface area contributed by atoms with Crippen LogP contribution in [0.1, 0.15) is 12.5 Å². The van der Waals surface area contributed by atoms with Crippen LogP contribution in [0.15, 0.2) is 52.9 Å². The fourth-order valence-corrected chi connectivity index (χ4v) is 4.73. The van der Waals surface area contributed by atoms with Crippen molar-refractivity contribution in [2.45, 2.75) is 23.4 Å². The molecule has 0 unspecified atom stereocenters. The van der Waals surface area contributed by atoms with Crippen molar-refractivity contribution >= 4 is 46.9 Å². The van der Waals surface area contributed by atoms with Gasteiger partial charge in [-0.2, -0.15) is 0 Å². The lowest BCUT2D eigenvalue weighted by molar-refractivity contribution is -0.115. The van der Waals surface area contributed by atoms with E-state index in [1.807, 2.05) is 38.1 Å². The molecule has 3 aromatic rings. The maximum atomic E-state index is 13.1. The quantitative estimate of drug-likeness (QED) is 0.466. The van der Waals surface area contributed by atoms with E-state index in [9.17, 15) is 9.18 Å². The average molecular weight is 406 g/mol. The number of rotatable bonds is 5. The van der Waals surface area contributed by atoms with Crippen LogP contribution in [-0.2, 0) is 4.79 Å². The molecule has 0 aliphatic rings. The van der Waals surface area contributed by atoms with E-state index in [-0.39, 0.29) is 17.0 Å². The number of hydrogen-bond donors (Lipinski definition) is 1. The highest BCUT2D eigenvalue weighted by Gasteiger charge is 2.17. The van der Waals surface area contributed by atoms with Gasteiger partial charge < -0.3 is 5.32 Å². The number of carbonyl (C=O) groups excluding carboxylic acids is 1. The predicted molar refractivity (Wildman–Crippen MR) is 107 cm³/mol. The molecule has 1 heterocycles. The zero-order chi connectivity index (χ0) is 18.7. The van der Waals surface area contributed by atoms with Crippen molar-refractivity contribution in [3.05, 3.63) is 63.9 Å². The van der Waals surface area contributed by atoms with Crippen LogP contribution in [0.5, 0.6) is 0 Å². The lowest BCUT2D eigenvalue weighted by Crippen LogP contribution is -2.22. The van der Waals surface area contributed by atoms with Gasteiger partial charge in [0.25, 0.3) is 0 Å². The largest absolute Gasteiger partial charge is 0.325 e. The van der Waals surface area contributed by atoms with Gasteiger partial charge in [0.05, 0.1) is 10.9 Å². The second-order valence-corrected chi connectivity index (χ2v) is 8.85. The minimum Gasteiger partial charge on any atom is -0.325 e. The molecule has 0 fully saturated rings. The van der Waals surface area contributed by atoms with E-state index in [0.29, 0.717) is 14.0 Å². The van der Waals surface area contributed by atoms with Crippen LogP contribution in [0.2, 0.25) is 0 Å². The van der Waals surface area contributed by atoms with Crippen LogP contribution in [0.4, 0.5) is 10.1 Å². The molecule has 0 saturated carbocycles. The van der Waals surface area contributed by atoms with E-state index in [2.05, 4.69) is 10.4 Å². The molecule has 1 aromatic heterocycles. The third-order valence-corrected chi connectivity index (χ3v) is 5.95. The van der Waals surface area contributed by atoms with Gasteiger partial charge in [-0.05, 0) is 68.0 Å². The van der Waals surface area contributed by atoms with Crippen molar-refractivity contribution < 1.29 is 9.18 Å². The molecule has 0 aliphatic heterocycles. The SMILES string of the molecule is Cc1cccc(NC(=O)[C@H](C)Sc2nn(-c3ccc(F)cc3)c(=S)s2)c1. The van der Waals surface area contributed by atoms with E-state index in [1.54, 1.807) is 16.8 Å². The summed E-state index contributed by atoms with van der Waals surface area (Å²) < 4.78 is 15.9. The highest BCUT2D eigenvalue weighted by Crippen LogP contribution is 2.28. The molecule has 1 amide bonds. The molecule has 26 heavy (non-hydrogen) atoms. The number of nitrogens with zero attached hydrogens (tertiary/aromatic N) is 2. The standard InChI is InChI=1S/C18H16FN3OS3/c1-11-4-3-5-14(10-11)20-16(23)12(2)25-17-21-22(18(24)26-17)15-8-6-13(19)7-9-15/h3-10,12H,1-2H3,(H,20,23)/t12-/m0/s1. The third kappa shape index (κ3) is 4.57. The van der Waals surface area contributed by atoms with Gasteiger partial charge >= 0.3 is 0 Å². The third-order valence-electron chi connectivity index (χ3n) is 3.53. The Morgan fingerprint density at radius 3 is 2.73 bits per heavy atom. The molecule has 0 aliphatic carbocycles. The number of aryl methyl sites for hydroxylation is 1. The molecule has 0 saturated heterocycles. The van der Waals surface area contributed by atoms with Crippen LogP contribution in [0, 0.1) is 16.7 Å². The monoisotopic (exact) mass is 405 g/mol.